The van der Waals surface area contributed by atoms with Crippen LogP contribution in [-0.4, -0.2) is 27.2 Å². The molecular formula is C9H15BrN2OS. The highest BCUT2D eigenvalue weighted by molar-refractivity contribution is 9.10. The van der Waals surface area contributed by atoms with Gasteiger partial charge < -0.3 is 5.11 Å². The molecular weight excluding hydrogens is 264 g/mol. The minimum Gasteiger partial charge on any atom is -0.396 e. The molecule has 0 saturated heterocycles. The van der Waals surface area contributed by atoms with Crippen molar-refractivity contribution < 1.29 is 5.11 Å². The maximum Gasteiger partial charge on any atom is 0.0738 e. The lowest BCUT2D eigenvalue weighted by molar-refractivity contribution is 0.296. The predicted molar refractivity (Wildman–Crippen MR) is 63.5 cm³/mol. The van der Waals surface area contributed by atoms with Crippen LogP contribution in [0.15, 0.2) is 4.47 Å². The summed E-state index contributed by atoms with van der Waals surface area (Å²) < 4.78 is 3.02. The molecule has 0 atom stereocenters. The molecule has 0 aliphatic heterocycles. The van der Waals surface area contributed by atoms with Gasteiger partial charge in [-0.3, -0.25) is 4.68 Å². The Morgan fingerprint density at radius 3 is 2.79 bits per heavy atom. The van der Waals surface area contributed by atoms with Gasteiger partial charge in [0.25, 0.3) is 0 Å². The van der Waals surface area contributed by atoms with Gasteiger partial charge in [-0.05, 0) is 35.0 Å². The molecule has 5 heteroatoms. The number of aryl methyl sites for hydroxylation is 2. The van der Waals surface area contributed by atoms with Gasteiger partial charge in [0.05, 0.1) is 15.9 Å². The molecule has 1 aromatic heterocycles. The largest absolute Gasteiger partial charge is 0.396 e. The Balaban J connectivity index is 2.49. The number of nitrogens with zero attached hydrogens (tertiary/aromatic N) is 2. The molecule has 0 fully saturated rings. The SMILES string of the molecule is Cc1nn(C)c(CSCCCO)c1Br. The van der Waals surface area contributed by atoms with E-state index in [1.165, 1.54) is 5.69 Å². The van der Waals surface area contributed by atoms with Crippen LogP contribution in [0.5, 0.6) is 0 Å². The summed E-state index contributed by atoms with van der Waals surface area (Å²) in [5.41, 5.74) is 2.25. The Morgan fingerprint density at radius 1 is 1.57 bits per heavy atom. The number of hydrogen-bond donors (Lipinski definition) is 1. The third kappa shape index (κ3) is 3.00. The number of rotatable bonds is 5. The topological polar surface area (TPSA) is 38.0 Å². The lowest BCUT2D eigenvalue weighted by Gasteiger charge is -2.02. The maximum atomic E-state index is 8.64. The Kier molecular flexibility index (Phi) is 4.98. The summed E-state index contributed by atoms with van der Waals surface area (Å²) in [7, 11) is 1.96. The van der Waals surface area contributed by atoms with E-state index < -0.39 is 0 Å². The highest BCUT2D eigenvalue weighted by atomic mass is 79.9. The van der Waals surface area contributed by atoms with E-state index in [0.29, 0.717) is 0 Å². The zero-order chi connectivity index (χ0) is 10.6. The molecule has 0 aliphatic carbocycles. The lowest BCUT2D eigenvalue weighted by Crippen LogP contribution is -1.97. The van der Waals surface area contributed by atoms with Crippen molar-refractivity contribution in [2.45, 2.75) is 19.1 Å². The van der Waals surface area contributed by atoms with Crippen molar-refractivity contribution in [3.8, 4) is 0 Å². The summed E-state index contributed by atoms with van der Waals surface area (Å²) in [6, 6.07) is 0. The lowest BCUT2D eigenvalue weighted by atomic mass is 10.4. The molecule has 0 spiro atoms. The first-order valence-corrected chi connectivity index (χ1v) is 6.48. The van der Waals surface area contributed by atoms with Crippen LogP contribution in [0, 0.1) is 6.92 Å². The summed E-state index contributed by atoms with van der Waals surface area (Å²) in [4.78, 5) is 0. The molecule has 1 N–H and O–H groups in total. The number of aliphatic hydroxyl groups excluding tert-OH is 1. The molecule has 1 heterocycles. The molecule has 0 unspecified atom stereocenters. The van der Waals surface area contributed by atoms with Gasteiger partial charge in [0.15, 0.2) is 0 Å². The number of thioether (sulfide) groups is 1. The number of halogens is 1. The van der Waals surface area contributed by atoms with E-state index in [9.17, 15) is 0 Å². The van der Waals surface area contributed by atoms with Gasteiger partial charge in [-0.1, -0.05) is 0 Å². The van der Waals surface area contributed by atoms with Crippen LogP contribution in [0.25, 0.3) is 0 Å². The summed E-state index contributed by atoms with van der Waals surface area (Å²) >= 11 is 5.35. The van der Waals surface area contributed by atoms with E-state index in [2.05, 4.69) is 21.0 Å². The summed E-state index contributed by atoms with van der Waals surface area (Å²) in [6.45, 7) is 2.27. The quantitative estimate of drug-likeness (QED) is 0.839. The molecule has 0 aliphatic rings. The Labute approximate surface area is 97.0 Å². The maximum absolute atomic E-state index is 8.64. The molecule has 0 radical (unpaired) electrons. The summed E-state index contributed by atoms with van der Waals surface area (Å²) in [6.07, 6.45) is 0.860. The van der Waals surface area contributed by atoms with Gasteiger partial charge in [0.2, 0.25) is 0 Å². The third-order valence-electron chi connectivity index (χ3n) is 1.95. The zero-order valence-electron chi connectivity index (χ0n) is 8.46. The molecule has 14 heavy (non-hydrogen) atoms. The van der Waals surface area contributed by atoms with E-state index >= 15 is 0 Å². The average Bonchev–Trinajstić information content (AvgIpc) is 2.38. The van der Waals surface area contributed by atoms with Crippen LogP contribution < -0.4 is 0 Å². The first-order chi connectivity index (χ1) is 6.66. The second-order valence-electron chi connectivity index (χ2n) is 3.10. The van der Waals surface area contributed by atoms with Crippen LogP contribution in [0.4, 0.5) is 0 Å². The van der Waals surface area contributed by atoms with Crippen molar-refractivity contribution >= 4 is 27.7 Å². The predicted octanol–water partition coefficient (Wildman–Crippen LogP) is 2.11. The van der Waals surface area contributed by atoms with Crippen molar-refractivity contribution in [3.63, 3.8) is 0 Å². The molecule has 0 aromatic carbocycles. The summed E-state index contributed by atoms with van der Waals surface area (Å²) in [5, 5.41) is 13.0. The van der Waals surface area contributed by atoms with Gasteiger partial charge in [0.1, 0.15) is 0 Å². The smallest absolute Gasteiger partial charge is 0.0738 e. The number of aliphatic hydroxyl groups is 1. The van der Waals surface area contributed by atoms with E-state index in [-0.39, 0.29) is 6.61 Å². The van der Waals surface area contributed by atoms with Gasteiger partial charge in [-0.2, -0.15) is 16.9 Å². The van der Waals surface area contributed by atoms with Gasteiger partial charge >= 0.3 is 0 Å². The fourth-order valence-electron chi connectivity index (χ4n) is 1.17. The molecule has 0 saturated carbocycles. The molecule has 3 nitrogen and oxygen atoms in total. The fraction of sp³-hybridized carbons (Fsp3) is 0.667. The number of aromatic nitrogens is 2. The molecule has 1 aromatic rings. The monoisotopic (exact) mass is 278 g/mol. The Morgan fingerprint density at radius 2 is 2.29 bits per heavy atom. The van der Waals surface area contributed by atoms with Crippen molar-refractivity contribution in [1.82, 2.24) is 9.78 Å². The Bertz CT molecular complexity index is 301. The van der Waals surface area contributed by atoms with Crippen LogP contribution in [0.2, 0.25) is 0 Å². The van der Waals surface area contributed by atoms with Crippen molar-refractivity contribution in [2.75, 3.05) is 12.4 Å². The zero-order valence-corrected chi connectivity index (χ0v) is 10.9. The minimum atomic E-state index is 0.276. The second kappa shape index (κ2) is 5.78. The van der Waals surface area contributed by atoms with E-state index in [1.807, 2.05) is 30.4 Å². The van der Waals surface area contributed by atoms with Crippen LogP contribution in [0.3, 0.4) is 0 Å². The number of hydrogen-bond acceptors (Lipinski definition) is 3. The van der Waals surface area contributed by atoms with Crippen molar-refractivity contribution in [1.29, 1.82) is 0 Å². The minimum absolute atomic E-state index is 0.276. The van der Waals surface area contributed by atoms with Crippen LogP contribution >= 0.6 is 27.7 Å². The highest BCUT2D eigenvalue weighted by Crippen LogP contribution is 2.24. The van der Waals surface area contributed by atoms with E-state index in [1.54, 1.807) is 0 Å². The van der Waals surface area contributed by atoms with E-state index in [4.69, 9.17) is 5.11 Å². The second-order valence-corrected chi connectivity index (χ2v) is 5.00. The average molecular weight is 279 g/mol. The van der Waals surface area contributed by atoms with Crippen molar-refractivity contribution in [2.24, 2.45) is 7.05 Å². The third-order valence-corrected chi connectivity index (χ3v) is 4.03. The molecule has 1 rings (SSSR count). The van der Waals surface area contributed by atoms with Crippen molar-refractivity contribution in [3.05, 3.63) is 15.9 Å². The van der Waals surface area contributed by atoms with E-state index in [0.717, 1.165) is 28.1 Å². The first-order valence-electron chi connectivity index (χ1n) is 4.53. The normalized spacial score (nSPS) is 10.9. The standard InChI is InChI=1S/C9H15BrN2OS/c1-7-9(10)8(12(2)11-7)6-14-5-3-4-13/h13H,3-6H2,1-2H3. The van der Waals surface area contributed by atoms with Crippen LogP contribution in [-0.2, 0) is 12.8 Å². The highest BCUT2D eigenvalue weighted by Gasteiger charge is 2.09. The van der Waals surface area contributed by atoms with Gasteiger partial charge in [-0.25, -0.2) is 0 Å². The molecule has 0 bridgehead atoms. The van der Waals surface area contributed by atoms with Gasteiger partial charge in [-0.15, -0.1) is 0 Å². The molecule has 0 amide bonds. The Hall–Kier alpha value is -0.0000000000000000555. The van der Waals surface area contributed by atoms with Gasteiger partial charge in [0, 0.05) is 19.4 Å². The van der Waals surface area contributed by atoms with Crippen LogP contribution in [0.1, 0.15) is 17.8 Å². The molecule has 80 valence electrons. The first kappa shape index (κ1) is 12.1. The summed E-state index contributed by atoms with van der Waals surface area (Å²) in [5.74, 6) is 1.94. The fourth-order valence-corrected chi connectivity index (χ4v) is 2.84.